The fourth-order valence-corrected chi connectivity index (χ4v) is 3.32. The van der Waals surface area contributed by atoms with Crippen molar-refractivity contribution in [2.75, 3.05) is 0 Å². The Kier molecular flexibility index (Phi) is 3.38. The van der Waals surface area contributed by atoms with E-state index < -0.39 is 11.6 Å². The van der Waals surface area contributed by atoms with Gasteiger partial charge in [0.2, 0.25) is 5.28 Å². The monoisotopic (exact) mass is 314 g/mol. The van der Waals surface area contributed by atoms with Gasteiger partial charge in [0, 0.05) is 23.1 Å². The molecule has 3 rings (SSSR count). The first-order chi connectivity index (χ1) is 9.47. The molecule has 104 valence electrons. The van der Waals surface area contributed by atoms with Crippen molar-refractivity contribution in [1.82, 2.24) is 9.97 Å². The second-order valence-electron chi connectivity index (χ2n) is 4.86. The normalized spacial score (nSPS) is 17.4. The number of benzene rings is 1. The summed E-state index contributed by atoms with van der Waals surface area (Å²) in [6.07, 6.45) is 1.32. The summed E-state index contributed by atoms with van der Waals surface area (Å²) in [5.74, 6) is -1.41. The SMILES string of the molecule is Cc1cc(F)cc(F)c1C1CCc2c(Cl)nc(Cl)nc21. The van der Waals surface area contributed by atoms with E-state index in [0.29, 0.717) is 34.8 Å². The number of hydrogen-bond acceptors (Lipinski definition) is 2. The molecule has 0 bridgehead atoms. The molecule has 1 aromatic carbocycles. The summed E-state index contributed by atoms with van der Waals surface area (Å²) in [6, 6.07) is 2.21. The highest BCUT2D eigenvalue weighted by Gasteiger charge is 2.31. The van der Waals surface area contributed by atoms with Crippen LogP contribution in [0.4, 0.5) is 8.78 Å². The first-order valence-electron chi connectivity index (χ1n) is 6.14. The second-order valence-corrected chi connectivity index (χ2v) is 5.55. The third kappa shape index (κ3) is 2.17. The number of nitrogens with zero attached hydrogens (tertiary/aromatic N) is 2. The van der Waals surface area contributed by atoms with Gasteiger partial charge in [-0.1, -0.05) is 11.6 Å². The highest BCUT2D eigenvalue weighted by molar-refractivity contribution is 6.32. The maximum absolute atomic E-state index is 14.1. The van der Waals surface area contributed by atoms with Gasteiger partial charge in [0.15, 0.2) is 0 Å². The standard InChI is InChI=1S/C14H10Cl2F2N2/c1-6-4-7(17)5-10(18)11(6)8-2-3-9-12(8)19-14(16)20-13(9)15/h4-5,8H,2-3H2,1H3. The van der Waals surface area contributed by atoms with Crippen LogP contribution in [0.3, 0.4) is 0 Å². The molecule has 0 saturated heterocycles. The van der Waals surface area contributed by atoms with Gasteiger partial charge in [-0.15, -0.1) is 0 Å². The molecule has 1 aliphatic carbocycles. The van der Waals surface area contributed by atoms with E-state index in [9.17, 15) is 8.78 Å². The minimum atomic E-state index is -0.583. The van der Waals surface area contributed by atoms with Gasteiger partial charge in [0.25, 0.3) is 0 Å². The Labute approximate surface area is 124 Å². The maximum atomic E-state index is 14.1. The van der Waals surface area contributed by atoms with E-state index in [1.54, 1.807) is 6.92 Å². The topological polar surface area (TPSA) is 25.8 Å². The lowest BCUT2D eigenvalue weighted by Crippen LogP contribution is -2.06. The van der Waals surface area contributed by atoms with E-state index in [2.05, 4.69) is 9.97 Å². The van der Waals surface area contributed by atoms with Crippen molar-refractivity contribution in [1.29, 1.82) is 0 Å². The third-order valence-electron chi connectivity index (χ3n) is 3.62. The zero-order chi connectivity index (χ0) is 14.4. The lowest BCUT2D eigenvalue weighted by molar-refractivity contribution is 0.558. The summed E-state index contributed by atoms with van der Waals surface area (Å²) < 4.78 is 27.3. The summed E-state index contributed by atoms with van der Waals surface area (Å²) in [4.78, 5) is 8.08. The van der Waals surface area contributed by atoms with Gasteiger partial charge in [0.1, 0.15) is 16.8 Å². The van der Waals surface area contributed by atoms with Crippen LogP contribution in [-0.2, 0) is 6.42 Å². The van der Waals surface area contributed by atoms with E-state index in [1.165, 1.54) is 6.07 Å². The largest absolute Gasteiger partial charge is 0.224 e. The Morgan fingerprint density at radius 2 is 1.95 bits per heavy atom. The average Bonchev–Trinajstić information content (AvgIpc) is 2.72. The minimum Gasteiger partial charge on any atom is -0.222 e. The molecule has 0 N–H and O–H groups in total. The lowest BCUT2D eigenvalue weighted by atomic mass is 9.92. The lowest BCUT2D eigenvalue weighted by Gasteiger charge is -2.15. The number of rotatable bonds is 1. The third-order valence-corrected chi connectivity index (χ3v) is 4.11. The van der Waals surface area contributed by atoms with Gasteiger partial charge < -0.3 is 0 Å². The predicted molar refractivity (Wildman–Crippen MR) is 73.3 cm³/mol. The molecule has 2 aromatic rings. The van der Waals surface area contributed by atoms with Crippen molar-refractivity contribution in [3.05, 3.63) is 56.6 Å². The van der Waals surface area contributed by atoms with Crippen LogP contribution in [0.2, 0.25) is 10.4 Å². The molecule has 0 amide bonds. The molecular weight excluding hydrogens is 305 g/mol. The average molecular weight is 315 g/mol. The molecule has 0 radical (unpaired) electrons. The van der Waals surface area contributed by atoms with E-state index in [-0.39, 0.29) is 11.2 Å². The molecule has 1 aromatic heterocycles. The molecule has 2 nitrogen and oxygen atoms in total. The minimum absolute atomic E-state index is 0.0424. The van der Waals surface area contributed by atoms with E-state index >= 15 is 0 Å². The number of fused-ring (bicyclic) bond motifs is 1. The molecule has 1 atom stereocenters. The molecule has 6 heteroatoms. The molecule has 20 heavy (non-hydrogen) atoms. The molecule has 0 aliphatic heterocycles. The Balaban J connectivity index is 2.17. The van der Waals surface area contributed by atoms with Crippen LogP contribution in [0.1, 0.15) is 34.7 Å². The van der Waals surface area contributed by atoms with Gasteiger partial charge in [0.05, 0.1) is 5.69 Å². The number of aryl methyl sites for hydroxylation is 1. The summed E-state index contributed by atoms with van der Waals surface area (Å²) in [5, 5.41) is 0.350. The maximum Gasteiger partial charge on any atom is 0.224 e. The quantitative estimate of drug-likeness (QED) is 0.574. The summed E-state index contributed by atoms with van der Waals surface area (Å²) >= 11 is 11.9. The summed E-state index contributed by atoms with van der Waals surface area (Å²) in [5.41, 5.74) is 2.45. The predicted octanol–water partition coefficient (Wildman–Crippen LogP) is 4.45. The van der Waals surface area contributed by atoms with Crippen molar-refractivity contribution in [2.24, 2.45) is 0 Å². The van der Waals surface area contributed by atoms with Crippen LogP contribution in [0.15, 0.2) is 12.1 Å². The number of hydrogen-bond donors (Lipinski definition) is 0. The molecule has 0 spiro atoms. The molecule has 1 heterocycles. The van der Waals surface area contributed by atoms with Crippen LogP contribution in [0, 0.1) is 18.6 Å². The number of aromatic nitrogens is 2. The van der Waals surface area contributed by atoms with Gasteiger partial charge in [-0.2, -0.15) is 0 Å². The molecule has 0 fully saturated rings. The smallest absolute Gasteiger partial charge is 0.222 e. The van der Waals surface area contributed by atoms with Crippen molar-refractivity contribution >= 4 is 23.2 Å². The Morgan fingerprint density at radius 3 is 2.65 bits per heavy atom. The highest BCUT2D eigenvalue weighted by atomic mass is 35.5. The van der Waals surface area contributed by atoms with E-state index in [1.807, 2.05) is 0 Å². The van der Waals surface area contributed by atoms with Gasteiger partial charge in [-0.05, 0) is 43.0 Å². The van der Waals surface area contributed by atoms with Crippen molar-refractivity contribution in [3.63, 3.8) is 0 Å². The fraction of sp³-hybridized carbons (Fsp3) is 0.286. The Hall–Kier alpha value is -1.26. The molecular formula is C14H10Cl2F2N2. The van der Waals surface area contributed by atoms with Gasteiger partial charge in [-0.3, -0.25) is 0 Å². The summed E-state index contributed by atoms with van der Waals surface area (Å²) in [7, 11) is 0. The Morgan fingerprint density at radius 1 is 1.20 bits per heavy atom. The second kappa shape index (κ2) is 4.93. The number of halogens is 4. The molecule has 0 saturated carbocycles. The van der Waals surface area contributed by atoms with Crippen LogP contribution in [-0.4, -0.2) is 9.97 Å². The van der Waals surface area contributed by atoms with Crippen molar-refractivity contribution in [2.45, 2.75) is 25.7 Å². The van der Waals surface area contributed by atoms with Crippen LogP contribution in [0.5, 0.6) is 0 Å². The first kappa shape index (κ1) is 13.7. The zero-order valence-electron chi connectivity index (χ0n) is 10.6. The zero-order valence-corrected chi connectivity index (χ0v) is 12.1. The molecule has 1 aliphatic rings. The Bertz CT molecular complexity index is 681. The van der Waals surface area contributed by atoms with Gasteiger partial charge >= 0.3 is 0 Å². The first-order valence-corrected chi connectivity index (χ1v) is 6.90. The van der Waals surface area contributed by atoms with Gasteiger partial charge in [-0.25, -0.2) is 18.7 Å². The summed E-state index contributed by atoms with van der Waals surface area (Å²) in [6.45, 7) is 1.68. The van der Waals surface area contributed by atoms with Crippen molar-refractivity contribution in [3.8, 4) is 0 Å². The van der Waals surface area contributed by atoms with Crippen LogP contribution in [0.25, 0.3) is 0 Å². The van der Waals surface area contributed by atoms with Crippen LogP contribution < -0.4 is 0 Å². The van der Waals surface area contributed by atoms with E-state index in [0.717, 1.165) is 11.6 Å². The van der Waals surface area contributed by atoms with Crippen molar-refractivity contribution < 1.29 is 8.78 Å². The fourth-order valence-electron chi connectivity index (χ4n) is 2.83. The highest BCUT2D eigenvalue weighted by Crippen LogP contribution is 2.41. The van der Waals surface area contributed by atoms with E-state index in [4.69, 9.17) is 23.2 Å². The van der Waals surface area contributed by atoms with Crippen LogP contribution >= 0.6 is 23.2 Å². The molecule has 1 unspecified atom stereocenters.